The van der Waals surface area contributed by atoms with E-state index in [-0.39, 0.29) is 12.3 Å². The van der Waals surface area contributed by atoms with E-state index in [2.05, 4.69) is 10.4 Å². The van der Waals surface area contributed by atoms with Gasteiger partial charge in [-0.3, -0.25) is 4.79 Å². The summed E-state index contributed by atoms with van der Waals surface area (Å²) in [6.45, 7) is 4.34. The molecule has 0 aliphatic carbocycles. The molecule has 0 saturated heterocycles. The van der Waals surface area contributed by atoms with Crippen molar-refractivity contribution in [3.63, 3.8) is 0 Å². The van der Waals surface area contributed by atoms with Crippen LogP contribution in [0.3, 0.4) is 0 Å². The van der Waals surface area contributed by atoms with Gasteiger partial charge in [-0.2, -0.15) is 5.10 Å². The van der Waals surface area contributed by atoms with Gasteiger partial charge in [-0.05, 0) is 43.7 Å². The fraction of sp³-hybridized carbons (Fsp3) is 0.261. The third kappa shape index (κ3) is 5.44. The van der Waals surface area contributed by atoms with Crippen molar-refractivity contribution < 1.29 is 9.59 Å². The Kier molecular flexibility index (Phi) is 6.97. The number of primary amides is 1. The van der Waals surface area contributed by atoms with E-state index in [1.165, 1.54) is 0 Å². The highest BCUT2D eigenvalue weighted by Gasteiger charge is 2.22. The molecule has 1 aromatic heterocycles. The molecule has 0 bridgehead atoms. The number of nitrogens with two attached hydrogens (primary N) is 1. The summed E-state index contributed by atoms with van der Waals surface area (Å²) >= 11 is 5.95. The van der Waals surface area contributed by atoms with Gasteiger partial charge in [-0.15, -0.1) is 0 Å². The molecule has 7 nitrogen and oxygen atoms in total. The van der Waals surface area contributed by atoms with E-state index in [0.29, 0.717) is 11.6 Å². The van der Waals surface area contributed by atoms with Crippen LogP contribution in [0.5, 0.6) is 0 Å². The summed E-state index contributed by atoms with van der Waals surface area (Å²) in [5, 5.41) is 7.86. The molecule has 3 rings (SSSR count). The van der Waals surface area contributed by atoms with Crippen LogP contribution in [0.4, 0.5) is 4.79 Å². The highest BCUT2D eigenvalue weighted by molar-refractivity contribution is 6.30. The zero-order valence-corrected chi connectivity index (χ0v) is 18.6. The molecule has 8 heteroatoms. The number of para-hydroxylation sites is 1. The fourth-order valence-electron chi connectivity index (χ4n) is 3.50. The molecule has 0 aliphatic rings. The normalized spacial score (nSPS) is 11.7. The van der Waals surface area contributed by atoms with Gasteiger partial charge in [0, 0.05) is 29.9 Å². The minimum Gasteiger partial charge on any atom is -0.352 e. The Morgan fingerprint density at radius 1 is 1.13 bits per heavy atom. The zero-order valence-electron chi connectivity index (χ0n) is 17.8. The van der Waals surface area contributed by atoms with Crippen LogP contribution in [-0.4, -0.2) is 33.7 Å². The standard InChI is InChI=1S/C23H26ClN5O2/c1-15-20(16(2)29(27-15)19-7-5-4-6-8-19)14-28(3)22(30)13-21(26-23(25)31)17-9-11-18(24)12-10-17/h4-12,21H,13-14H2,1-3H3,(H3,25,26,31)/t21-/m1/s1. The lowest BCUT2D eigenvalue weighted by Crippen LogP contribution is -2.37. The van der Waals surface area contributed by atoms with E-state index < -0.39 is 12.1 Å². The molecule has 162 valence electrons. The predicted octanol–water partition coefficient (Wildman–Crippen LogP) is 3.90. The second-order valence-corrected chi connectivity index (χ2v) is 7.90. The van der Waals surface area contributed by atoms with Gasteiger partial charge in [0.15, 0.2) is 0 Å². The number of aromatic nitrogens is 2. The first-order valence-corrected chi connectivity index (χ1v) is 10.3. The van der Waals surface area contributed by atoms with Gasteiger partial charge in [0.2, 0.25) is 5.91 Å². The molecule has 0 saturated carbocycles. The Balaban J connectivity index is 1.76. The molecule has 31 heavy (non-hydrogen) atoms. The van der Waals surface area contributed by atoms with Crippen LogP contribution in [0.15, 0.2) is 54.6 Å². The summed E-state index contributed by atoms with van der Waals surface area (Å²) in [4.78, 5) is 26.1. The van der Waals surface area contributed by atoms with Crippen LogP contribution in [0.25, 0.3) is 5.69 Å². The summed E-state index contributed by atoms with van der Waals surface area (Å²) in [5.74, 6) is -0.125. The molecule has 0 fully saturated rings. The molecular formula is C23H26ClN5O2. The molecule has 3 N–H and O–H groups in total. The molecule has 1 heterocycles. The van der Waals surface area contributed by atoms with Gasteiger partial charge in [-0.25, -0.2) is 9.48 Å². The van der Waals surface area contributed by atoms with E-state index in [0.717, 1.165) is 28.2 Å². The van der Waals surface area contributed by atoms with E-state index in [1.54, 1.807) is 36.2 Å². The minimum absolute atomic E-state index is 0.0754. The van der Waals surface area contributed by atoms with Crippen molar-refractivity contribution in [1.82, 2.24) is 20.0 Å². The van der Waals surface area contributed by atoms with E-state index in [1.807, 2.05) is 48.9 Å². The molecule has 0 spiro atoms. The monoisotopic (exact) mass is 439 g/mol. The lowest BCUT2D eigenvalue weighted by atomic mass is 10.0. The number of carbonyl (C=O) groups is 2. The van der Waals surface area contributed by atoms with Gasteiger partial charge in [0.25, 0.3) is 0 Å². The van der Waals surface area contributed by atoms with E-state index in [4.69, 9.17) is 17.3 Å². The number of rotatable bonds is 7. The Morgan fingerprint density at radius 2 is 1.77 bits per heavy atom. The SMILES string of the molecule is Cc1nn(-c2ccccc2)c(C)c1CN(C)C(=O)C[C@@H](NC(N)=O)c1ccc(Cl)cc1. The number of hydrogen-bond donors (Lipinski definition) is 2. The number of carbonyl (C=O) groups excluding carboxylic acids is 2. The van der Waals surface area contributed by atoms with Crippen LogP contribution in [0, 0.1) is 13.8 Å². The molecule has 3 aromatic rings. The second kappa shape index (κ2) is 9.66. The maximum absolute atomic E-state index is 13.0. The third-order valence-electron chi connectivity index (χ3n) is 5.23. The van der Waals surface area contributed by atoms with Crippen LogP contribution >= 0.6 is 11.6 Å². The van der Waals surface area contributed by atoms with Gasteiger partial charge >= 0.3 is 6.03 Å². The van der Waals surface area contributed by atoms with Crippen molar-refractivity contribution in [2.45, 2.75) is 32.9 Å². The number of nitrogens with one attached hydrogen (secondary N) is 1. The number of nitrogens with zero attached hydrogens (tertiary/aromatic N) is 3. The zero-order chi connectivity index (χ0) is 22.5. The van der Waals surface area contributed by atoms with Crippen molar-refractivity contribution >= 4 is 23.5 Å². The molecule has 0 unspecified atom stereocenters. The van der Waals surface area contributed by atoms with Crippen LogP contribution in [0.1, 0.15) is 35.0 Å². The molecule has 2 aromatic carbocycles. The Bertz CT molecular complexity index is 1060. The van der Waals surface area contributed by atoms with Crippen molar-refractivity contribution in [1.29, 1.82) is 0 Å². The Morgan fingerprint density at radius 3 is 2.39 bits per heavy atom. The number of urea groups is 1. The number of benzene rings is 2. The summed E-state index contributed by atoms with van der Waals surface area (Å²) < 4.78 is 1.88. The van der Waals surface area contributed by atoms with Crippen molar-refractivity contribution in [2.75, 3.05) is 7.05 Å². The minimum atomic E-state index is -0.689. The average molecular weight is 440 g/mol. The Hall–Kier alpha value is -3.32. The highest BCUT2D eigenvalue weighted by atomic mass is 35.5. The first-order valence-electron chi connectivity index (χ1n) is 9.92. The van der Waals surface area contributed by atoms with Crippen molar-refractivity contribution in [3.8, 4) is 5.69 Å². The highest BCUT2D eigenvalue weighted by Crippen LogP contribution is 2.23. The predicted molar refractivity (Wildman–Crippen MR) is 121 cm³/mol. The van der Waals surface area contributed by atoms with Crippen LogP contribution in [0.2, 0.25) is 5.02 Å². The summed E-state index contributed by atoms with van der Waals surface area (Å²) in [5.41, 5.74) is 9.89. The molecule has 0 aliphatic heterocycles. The number of aryl methyl sites for hydroxylation is 1. The number of halogens is 1. The third-order valence-corrected chi connectivity index (χ3v) is 5.48. The van der Waals surface area contributed by atoms with Crippen LogP contribution in [-0.2, 0) is 11.3 Å². The van der Waals surface area contributed by atoms with Gasteiger partial charge in [-0.1, -0.05) is 41.9 Å². The lowest BCUT2D eigenvalue weighted by Gasteiger charge is -2.22. The Labute approximate surface area is 186 Å². The molecule has 3 amide bonds. The summed E-state index contributed by atoms with van der Waals surface area (Å²) in [6, 6.07) is 15.6. The first kappa shape index (κ1) is 22.4. The lowest BCUT2D eigenvalue weighted by molar-refractivity contribution is -0.130. The van der Waals surface area contributed by atoms with Gasteiger partial charge in [0.1, 0.15) is 0 Å². The smallest absolute Gasteiger partial charge is 0.312 e. The first-order chi connectivity index (χ1) is 14.8. The number of hydrogen-bond acceptors (Lipinski definition) is 3. The number of amides is 3. The summed E-state index contributed by atoms with van der Waals surface area (Å²) in [7, 11) is 1.74. The maximum atomic E-state index is 13.0. The van der Waals surface area contributed by atoms with Crippen LogP contribution < -0.4 is 11.1 Å². The topological polar surface area (TPSA) is 93.2 Å². The van der Waals surface area contributed by atoms with Gasteiger partial charge < -0.3 is 16.0 Å². The molecular weight excluding hydrogens is 414 g/mol. The second-order valence-electron chi connectivity index (χ2n) is 7.46. The molecule has 1 atom stereocenters. The summed E-state index contributed by atoms with van der Waals surface area (Å²) in [6.07, 6.45) is 0.0754. The van der Waals surface area contributed by atoms with Crippen molar-refractivity contribution in [3.05, 3.63) is 82.1 Å². The quantitative estimate of drug-likeness (QED) is 0.584. The maximum Gasteiger partial charge on any atom is 0.312 e. The van der Waals surface area contributed by atoms with Crippen molar-refractivity contribution in [2.24, 2.45) is 5.73 Å². The van der Waals surface area contributed by atoms with Gasteiger partial charge in [0.05, 0.1) is 23.8 Å². The van der Waals surface area contributed by atoms with E-state index >= 15 is 0 Å². The van der Waals surface area contributed by atoms with E-state index in [9.17, 15) is 9.59 Å². The largest absolute Gasteiger partial charge is 0.352 e. The molecule has 0 radical (unpaired) electrons. The fourth-order valence-corrected chi connectivity index (χ4v) is 3.63. The average Bonchev–Trinajstić information content (AvgIpc) is 3.02.